The molecule has 160 valence electrons. The van der Waals surface area contributed by atoms with Crippen molar-refractivity contribution in [1.82, 2.24) is 20.2 Å². The number of halogens is 3. The first-order valence-corrected chi connectivity index (χ1v) is 10.7. The molecule has 0 saturated heterocycles. The molecule has 0 aliphatic carbocycles. The Bertz CT molecular complexity index is 976. The minimum Gasteiger partial charge on any atom is -0.490 e. The highest BCUT2D eigenvalue weighted by Gasteiger charge is 2.15. The molecule has 30 heavy (non-hydrogen) atoms. The van der Waals surface area contributed by atoms with Crippen LogP contribution in [0.15, 0.2) is 30.3 Å². The van der Waals surface area contributed by atoms with Crippen LogP contribution in [0.1, 0.15) is 31.4 Å². The number of hydrogen-bond acceptors (Lipinski definition) is 6. The van der Waals surface area contributed by atoms with Gasteiger partial charge in [0.1, 0.15) is 6.61 Å². The summed E-state index contributed by atoms with van der Waals surface area (Å²) in [7, 11) is 0. The molecule has 3 aromatic rings. The van der Waals surface area contributed by atoms with Gasteiger partial charge >= 0.3 is 0 Å². The molecule has 1 N–H and O–H groups in total. The molecule has 0 aliphatic rings. The molecule has 1 heterocycles. The summed E-state index contributed by atoms with van der Waals surface area (Å²) in [5, 5.41) is 16.4. The molecule has 7 nitrogen and oxygen atoms in total. The van der Waals surface area contributed by atoms with Gasteiger partial charge in [0.2, 0.25) is 5.95 Å². The molecular formula is C20H22Cl3N5O2. The molecule has 10 heteroatoms. The van der Waals surface area contributed by atoms with E-state index in [2.05, 4.69) is 27.8 Å². The molecule has 1 aromatic heterocycles. The summed E-state index contributed by atoms with van der Waals surface area (Å²) in [6.45, 7) is 5.80. The summed E-state index contributed by atoms with van der Waals surface area (Å²) >= 11 is 19.0. The lowest BCUT2D eigenvalue weighted by Crippen LogP contribution is -2.09. The number of aryl methyl sites for hydroxylation is 1. The third kappa shape index (κ3) is 5.47. The average molecular weight is 471 g/mol. The van der Waals surface area contributed by atoms with Gasteiger partial charge in [0.25, 0.3) is 0 Å². The first-order chi connectivity index (χ1) is 14.5. The van der Waals surface area contributed by atoms with Crippen molar-refractivity contribution in [2.24, 2.45) is 0 Å². The largest absolute Gasteiger partial charge is 0.490 e. The van der Waals surface area contributed by atoms with Crippen LogP contribution in [-0.4, -0.2) is 26.8 Å². The molecule has 3 rings (SSSR count). The van der Waals surface area contributed by atoms with Crippen LogP contribution in [0.2, 0.25) is 15.1 Å². The second kappa shape index (κ2) is 10.7. The van der Waals surface area contributed by atoms with Crippen LogP contribution in [0.5, 0.6) is 11.5 Å². The SMILES string of the molecule is CCCn1nnnc1NCc1cc(Cl)c(OCc2c(Cl)cccc2Cl)c(OCC)c1. The highest BCUT2D eigenvalue weighted by atomic mass is 35.5. The molecule has 0 bridgehead atoms. The summed E-state index contributed by atoms with van der Waals surface area (Å²) < 4.78 is 13.4. The van der Waals surface area contributed by atoms with E-state index in [9.17, 15) is 0 Å². The van der Waals surface area contributed by atoms with Gasteiger partial charge in [0.15, 0.2) is 11.5 Å². The van der Waals surface area contributed by atoms with Gasteiger partial charge in [-0.05, 0) is 53.6 Å². The zero-order valence-corrected chi connectivity index (χ0v) is 18.9. The van der Waals surface area contributed by atoms with Crippen molar-refractivity contribution in [1.29, 1.82) is 0 Å². The molecule has 0 unspecified atom stereocenters. The monoisotopic (exact) mass is 469 g/mol. The van der Waals surface area contributed by atoms with Gasteiger partial charge < -0.3 is 14.8 Å². The van der Waals surface area contributed by atoms with Crippen LogP contribution in [0.4, 0.5) is 5.95 Å². The van der Waals surface area contributed by atoms with E-state index in [1.807, 2.05) is 19.1 Å². The number of hydrogen-bond donors (Lipinski definition) is 1. The van der Waals surface area contributed by atoms with Crippen molar-refractivity contribution in [3.05, 3.63) is 56.5 Å². The molecule has 0 aliphatic heterocycles. The summed E-state index contributed by atoms with van der Waals surface area (Å²) in [5.41, 5.74) is 1.59. The Morgan fingerprint density at radius 1 is 1.03 bits per heavy atom. The lowest BCUT2D eigenvalue weighted by Gasteiger charge is -2.16. The van der Waals surface area contributed by atoms with Crippen LogP contribution in [0, 0.1) is 0 Å². The van der Waals surface area contributed by atoms with Crippen LogP contribution >= 0.6 is 34.8 Å². The quantitative estimate of drug-likeness (QED) is 0.414. The number of aromatic nitrogens is 4. The Labute approximate surface area is 190 Å². The van der Waals surface area contributed by atoms with Gasteiger partial charge in [-0.1, -0.05) is 52.9 Å². The molecule has 0 amide bonds. The molecule has 0 radical (unpaired) electrons. The maximum absolute atomic E-state index is 6.51. The lowest BCUT2D eigenvalue weighted by atomic mass is 10.2. The van der Waals surface area contributed by atoms with Gasteiger partial charge in [0, 0.05) is 28.7 Å². The minimum absolute atomic E-state index is 0.168. The Kier molecular flexibility index (Phi) is 8.01. The molecule has 0 atom stereocenters. The summed E-state index contributed by atoms with van der Waals surface area (Å²) in [6, 6.07) is 9.00. The molecular weight excluding hydrogens is 449 g/mol. The van der Waals surface area contributed by atoms with E-state index >= 15 is 0 Å². The predicted octanol–water partition coefficient (Wildman–Crippen LogP) is 5.63. The number of rotatable bonds is 10. The van der Waals surface area contributed by atoms with E-state index in [1.54, 1.807) is 22.9 Å². The third-order valence-corrected chi connectivity index (χ3v) is 5.20. The second-order valence-corrected chi connectivity index (χ2v) is 7.63. The maximum atomic E-state index is 6.51. The first kappa shape index (κ1) is 22.5. The van der Waals surface area contributed by atoms with Crippen LogP contribution < -0.4 is 14.8 Å². The fourth-order valence-electron chi connectivity index (χ4n) is 2.82. The van der Waals surface area contributed by atoms with Crippen molar-refractivity contribution in [3.8, 4) is 11.5 Å². The molecule has 2 aromatic carbocycles. The predicted molar refractivity (Wildman–Crippen MR) is 119 cm³/mol. The smallest absolute Gasteiger partial charge is 0.243 e. The fourth-order valence-corrected chi connectivity index (χ4v) is 3.61. The number of nitrogens with one attached hydrogen (secondary N) is 1. The third-order valence-electron chi connectivity index (χ3n) is 4.21. The zero-order chi connectivity index (χ0) is 21.5. The van der Waals surface area contributed by atoms with Crippen LogP contribution in [0.3, 0.4) is 0 Å². The highest BCUT2D eigenvalue weighted by Crippen LogP contribution is 2.38. The normalized spacial score (nSPS) is 10.8. The first-order valence-electron chi connectivity index (χ1n) is 9.54. The van der Waals surface area contributed by atoms with Gasteiger partial charge in [-0.25, -0.2) is 4.68 Å². The van der Waals surface area contributed by atoms with Gasteiger partial charge in [-0.2, -0.15) is 0 Å². The molecule has 0 saturated carbocycles. The van der Waals surface area contributed by atoms with Gasteiger partial charge in [-0.15, -0.1) is 0 Å². The van der Waals surface area contributed by atoms with Crippen LogP contribution in [0.25, 0.3) is 0 Å². The lowest BCUT2D eigenvalue weighted by molar-refractivity contribution is 0.269. The number of ether oxygens (including phenoxy) is 2. The van der Waals surface area contributed by atoms with E-state index in [0.29, 0.717) is 51.2 Å². The van der Waals surface area contributed by atoms with E-state index in [1.165, 1.54) is 0 Å². The summed E-state index contributed by atoms with van der Waals surface area (Å²) in [5.74, 6) is 1.58. The van der Waals surface area contributed by atoms with Crippen molar-refractivity contribution in [2.45, 2.75) is 40.0 Å². The highest BCUT2D eigenvalue weighted by molar-refractivity contribution is 6.36. The maximum Gasteiger partial charge on any atom is 0.243 e. The molecule has 0 spiro atoms. The topological polar surface area (TPSA) is 74.1 Å². The Balaban J connectivity index is 1.77. The number of tetrazole rings is 1. The van der Waals surface area contributed by atoms with Gasteiger partial charge in [-0.3, -0.25) is 0 Å². The second-order valence-electron chi connectivity index (χ2n) is 6.41. The Hall–Kier alpha value is -2.22. The van der Waals surface area contributed by atoms with Crippen molar-refractivity contribution >= 4 is 40.8 Å². The number of benzene rings is 2. The van der Waals surface area contributed by atoms with E-state index in [-0.39, 0.29) is 6.61 Å². The van der Waals surface area contributed by atoms with Gasteiger partial charge in [0.05, 0.1) is 11.6 Å². The number of nitrogens with zero attached hydrogens (tertiary/aromatic N) is 4. The standard InChI is InChI=1S/C20H22Cl3N5O2/c1-3-8-28-20(25-26-27-28)24-11-13-9-17(23)19(18(10-13)29-4-2)30-12-14-15(21)6-5-7-16(14)22/h5-7,9-10H,3-4,8,11-12H2,1-2H3,(H,24,25,27). The van der Waals surface area contributed by atoms with E-state index in [4.69, 9.17) is 44.3 Å². The average Bonchev–Trinajstić information content (AvgIpc) is 3.15. The van der Waals surface area contributed by atoms with Crippen LogP contribution in [-0.2, 0) is 19.7 Å². The Morgan fingerprint density at radius 2 is 1.80 bits per heavy atom. The minimum atomic E-state index is 0.168. The van der Waals surface area contributed by atoms with E-state index < -0.39 is 0 Å². The summed E-state index contributed by atoms with van der Waals surface area (Å²) in [6.07, 6.45) is 0.932. The zero-order valence-electron chi connectivity index (χ0n) is 16.7. The fraction of sp³-hybridized carbons (Fsp3) is 0.350. The molecule has 0 fully saturated rings. The van der Waals surface area contributed by atoms with Crippen molar-refractivity contribution in [2.75, 3.05) is 11.9 Å². The number of anilines is 1. The van der Waals surface area contributed by atoms with E-state index in [0.717, 1.165) is 18.5 Å². The van der Waals surface area contributed by atoms with Crippen molar-refractivity contribution in [3.63, 3.8) is 0 Å². The Morgan fingerprint density at radius 3 is 2.50 bits per heavy atom. The summed E-state index contributed by atoms with van der Waals surface area (Å²) in [4.78, 5) is 0. The van der Waals surface area contributed by atoms with Crippen molar-refractivity contribution < 1.29 is 9.47 Å².